The quantitative estimate of drug-likeness (QED) is 0.470. The van der Waals surface area contributed by atoms with Crippen LogP contribution in [0.15, 0.2) is 60.7 Å². The summed E-state index contributed by atoms with van der Waals surface area (Å²) in [5.74, 6) is -2.72. The average Bonchev–Trinajstić information content (AvgIpc) is 3.08. The van der Waals surface area contributed by atoms with Gasteiger partial charge in [0.15, 0.2) is 6.10 Å². The summed E-state index contributed by atoms with van der Waals surface area (Å²) in [5.41, 5.74) is 0.571. The summed E-state index contributed by atoms with van der Waals surface area (Å²) >= 11 is 0. The zero-order chi connectivity index (χ0) is 23.1. The lowest BCUT2D eigenvalue weighted by molar-refractivity contribution is -0.196. The molecule has 1 saturated heterocycles. The molecule has 1 fully saturated rings. The van der Waals surface area contributed by atoms with Gasteiger partial charge in [0.05, 0.1) is 11.1 Å². The number of rotatable bonds is 7. The first kappa shape index (κ1) is 23.0. The second-order valence-electron chi connectivity index (χ2n) is 6.93. The van der Waals surface area contributed by atoms with E-state index in [1.165, 1.54) is 0 Å². The van der Waals surface area contributed by atoms with Gasteiger partial charge in [0.25, 0.3) is 0 Å². The van der Waals surface area contributed by atoms with Crippen LogP contribution in [0.5, 0.6) is 0 Å². The van der Waals surface area contributed by atoms with Gasteiger partial charge in [-0.25, -0.2) is 9.59 Å². The number of hydrogen-bond donors (Lipinski definition) is 0. The van der Waals surface area contributed by atoms with Crippen LogP contribution in [-0.4, -0.2) is 55.1 Å². The molecule has 1 aliphatic rings. The molecule has 2 aromatic rings. The van der Waals surface area contributed by atoms with Gasteiger partial charge >= 0.3 is 23.9 Å². The highest BCUT2D eigenvalue weighted by molar-refractivity contribution is 5.90. The Morgan fingerprint density at radius 1 is 0.719 bits per heavy atom. The van der Waals surface area contributed by atoms with Crippen molar-refractivity contribution >= 4 is 23.9 Å². The minimum absolute atomic E-state index is 0.255. The second-order valence-corrected chi connectivity index (χ2v) is 6.93. The average molecular weight is 442 g/mol. The highest BCUT2D eigenvalue weighted by Gasteiger charge is 2.51. The van der Waals surface area contributed by atoms with Crippen LogP contribution in [0.25, 0.3) is 0 Å². The Balaban J connectivity index is 1.80. The van der Waals surface area contributed by atoms with Crippen molar-refractivity contribution in [2.45, 2.75) is 38.4 Å². The Kier molecular flexibility index (Phi) is 7.56. The Bertz CT molecular complexity index is 958. The van der Waals surface area contributed by atoms with Gasteiger partial charge in [-0.2, -0.15) is 0 Å². The smallest absolute Gasteiger partial charge is 0.338 e. The highest BCUT2D eigenvalue weighted by Crippen LogP contribution is 2.29. The maximum Gasteiger partial charge on any atom is 0.338 e. The monoisotopic (exact) mass is 442 g/mol. The van der Waals surface area contributed by atoms with E-state index in [2.05, 4.69) is 0 Å². The third-order valence-corrected chi connectivity index (χ3v) is 4.49. The standard InChI is InChI=1S/C23H22O9/c1-14(24)29-20-19(32-22(27)17-11-7-4-8-12-17)18(31-23(20)30-15(2)25)13-28-21(26)16-9-5-3-6-10-16/h3-12,18-20,23H,13H2,1-2H3/t18-,19-,20-,23+/m0/s1. The summed E-state index contributed by atoms with van der Waals surface area (Å²) in [6.45, 7) is 1.97. The highest BCUT2D eigenvalue weighted by atomic mass is 16.8. The second kappa shape index (κ2) is 10.5. The van der Waals surface area contributed by atoms with Gasteiger partial charge in [0.2, 0.25) is 12.4 Å². The summed E-state index contributed by atoms with van der Waals surface area (Å²) in [6, 6.07) is 16.4. The summed E-state index contributed by atoms with van der Waals surface area (Å²) in [4.78, 5) is 48.1. The SMILES string of the molecule is CC(=O)O[C@@H]1O[C@@H](COC(=O)c2ccccc2)[C@H](OC(=O)c2ccccc2)[C@@H]1OC(C)=O. The summed E-state index contributed by atoms with van der Waals surface area (Å²) in [6.07, 6.45) is -4.83. The van der Waals surface area contributed by atoms with Gasteiger partial charge in [-0.1, -0.05) is 36.4 Å². The first-order chi connectivity index (χ1) is 15.3. The number of benzene rings is 2. The molecule has 0 saturated carbocycles. The van der Waals surface area contributed by atoms with Crippen LogP contribution in [0.4, 0.5) is 0 Å². The molecular weight excluding hydrogens is 420 g/mol. The zero-order valence-corrected chi connectivity index (χ0v) is 17.5. The van der Waals surface area contributed by atoms with Crippen molar-refractivity contribution in [1.82, 2.24) is 0 Å². The number of hydrogen-bond acceptors (Lipinski definition) is 9. The van der Waals surface area contributed by atoms with Crippen molar-refractivity contribution in [2.24, 2.45) is 0 Å². The molecular formula is C23H22O9. The van der Waals surface area contributed by atoms with Gasteiger partial charge in [-0.15, -0.1) is 0 Å². The van der Waals surface area contributed by atoms with Crippen LogP contribution in [0.1, 0.15) is 34.6 Å². The Labute approximate surface area is 184 Å². The van der Waals surface area contributed by atoms with Crippen LogP contribution < -0.4 is 0 Å². The molecule has 32 heavy (non-hydrogen) atoms. The minimum atomic E-state index is -1.34. The molecule has 4 atom stereocenters. The molecule has 2 aromatic carbocycles. The Morgan fingerprint density at radius 2 is 1.25 bits per heavy atom. The third kappa shape index (κ3) is 5.92. The van der Waals surface area contributed by atoms with E-state index in [0.717, 1.165) is 13.8 Å². The van der Waals surface area contributed by atoms with Crippen molar-refractivity contribution in [3.63, 3.8) is 0 Å². The van der Waals surface area contributed by atoms with Crippen molar-refractivity contribution in [1.29, 1.82) is 0 Å². The van der Waals surface area contributed by atoms with Crippen LogP contribution in [-0.2, 0) is 33.3 Å². The Morgan fingerprint density at radius 3 is 1.78 bits per heavy atom. The Hall–Kier alpha value is -3.72. The summed E-state index contributed by atoms with van der Waals surface area (Å²) < 4.78 is 26.8. The fraction of sp³-hybridized carbons (Fsp3) is 0.304. The number of carbonyl (C=O) groups is 4. The molecule has 0 radical (unpaired) electrons. The predicted octanol–water partition coefficient (Wildman–Crippen LogP) is 2.29. The maximum absolute atomic E-state index is 12.6. The van der Waals surface area contributed by atoms with E-state index in [-0.39, 0.29) is 12.2 Å². The molecule has 9 heteroatoms. The van der Waals surface area contributed by atoms with E-state index >= 15 is 0 Å². The van der Waals surface area contributed by atoms with Gasteiger partial charge in [0.1, 0.15) is 12.7 Å². The van der Waals surface area contributed by atoms with E-state index in [0.29, 0.717) is 5.56 Å². The molecule has 0 spiro atoms. The molecule has 0 unspecified atom stereocenters. The molecule has 0 aliphatic carbocycles. The molecule has 0 bridgehead atoms. The summed E-state index contributed by atoms with van der Waals surface area (Å²) in [7, 11) is 0. The van der Waals surface area contributed by atoms with Crippen LogP contribution in [0.2, 0.25) is 0 Å². The normalized spacial score (nSPS) is 21.9. The molecule has 168 valence electrons. The molecule has 0 N–H and O–H groups in total. The lowest BCUT2D eigenvalue weighted by Gasteiger charge is -2.23. The van der Waals surface area contributed by atoms with Crippen molar-refractivity contribution in [3.8, 4) is 0 Å². The van der Waals surface area contributed by atoms with E-state index in [9.17, 15) is 19.2 Å². The first-order valence-corrected chi connectivity index (χ1v) is 9.83. The number of ether oxygens (including phenoxy) is 5. The third-order valence-electron chi connectivity index (χ3n) is 4.49. The van der Waals surface area contributed by atoms with Crippen molar-refractivity contribution < 1.29 is 42.9 Å². The predicted molar refractivity (Wildman–Crippen MR) is 108 cm³/mol. The van der Waals surface area contributed by atoms with Crippen LogP contribution in [0.3, 0.4) is 0 Å². The molecule has 1 heterocycles. The lowest BCUT2D eigenvalue weighted by Crippen LogP contribution is -2.42. The molecule has 0 amide bonds. The van der Waals surface area contributed by atoms with E-state index < -0.39 is 48.5 Å². The van der Waals surface area contributed by atoms with Gasteiger partial charge < -0.3 is 23.7 Å². The molecule has 9 nitrogen and oxygen atoms in total. The first-order valence-electron chi connectivity index (χ1n) is 9.83. The van der Waals surface area contributed by atoms with Gasteiger partial charge in [-0.3, -0.25) is 9.59 Å². The fourth-order valence-electron chi connectivity index (χ4n) is 3.12. The van der Waals surface area contributed by atoms with Crippen molar-refractivity contribution in [3.05, 3.63) is 71.8 Å². The maximum atomic E-state index is 12.6. The zero-order valence-electron chi connectivity index (χ0n) is 17.5. The van der Waals surface area contributed by atoms with Crippen molar-refractivity contribution in [2.75, 3.05) is 6.61 Å². The van der Waals surface area contributed by atoms with E-state index in [1.807, 2.05) is 0 Å². The van der Waals surface area contributed by atoms with Gasteiger partial charge in [-0.05, 0) is 24.3 Å². The molecule has 1 aliphatic heterocycles. The van der Waals surface area contributed by atoms with E-state index in [1.54, 1.807) is 60.7 Å². The molecule has 3 rings (SSSR count). The minimum Gasteiger partial charge on any atom is -0.459 e. The number of esters is 4. The molecule has 0 aromatic heterocycles. The van der Waals surface area contributed by atoms with E-state index in [4.69, 9.17) is 23.7 Å². The fourth-order valence-corrected chi connectivity index (χ4v) is 3.12. The lowest BCUT2D eigenvalue weighted by atomic mass is 10.1. The number of carbonyl (C=O) groups excluding carboxylic acids is 4. The van der Waals surface area contributed by atoms with Crippen LogP contribution >= 0.6 is 0 Å². The van der Waals surface area contributed by atoms with Gasteiger partial charge in [0, 0.05) is 13.8 Å². The largest absolute Gasteiger partial charge is 0.459 e. The van der Waals surface area contributed by atoms with Crippen LogP contribution in [0, 0.1) is 0 Å². The summed E-state index contributed by atoms with van der Waals surface area (Å²) in [5, 5.41) is 0. The topological polar surface area (TPSA) is 114 Å².